The number of hydrogen-bond donors (Lipinski definition) is 0. The highest BCUT2D eigenvalue weighted by atomic mass is 16.6. The van der Waals surface area contributed by atoms with E-state index in [9.17, 15) is 14.4 Å². The molecule has 6 heteroatoms. The summed E-state index contributed by atoms with van der Waals surface area (Å²) < 4.78 is 16.9. The average molecular weight is 1080 g/mol. The maximum absolute atomic E-state index is 12.9. The summed E-state index contributed by atoms with van der Waals surface area (Å²) >= 11 is 0. The van der Waals surface area contributed by atoms with Gasteiger partial charge in [0.25, 0.3) is 0 Å². The number of esters is 3. The summed E-state index contributed by atoms with van der Waals surface area (Å²) in [4.78, 5) is 38.3. The highest BCUT2D eigenvalue weighted by Crippen LogP contribution is 2.17. The van der Waals surface area contributed by atoms with E-state index in [1.54, 1.807) is 0 Å². The summed E-state index contributed by atoms with van der Waals surface area (Å²) in [5.41, 5.74) is 0. The van der Waals surface area contributed by atoms with E-state index in [0.29, 0.717) is 19.3 Å². The molecule has 0 bridgehead atoms. The lowest BCUT2D eigenvalue weighted by molar-refractivity contribution is -0.167. The summed E-state index contributed by atoms with van der Waals surface area (Å²) in [6.07, 6.45) is 84.8. The van der Waals surface area contributed by atoms with Crippen molar-refractivity contribution in [3.05, 3.63) is 72.9 Å². The Kier molecular flexibility index (Phi) is 62.7. The molecule has 0 spiro atoms. The molecule has 0 aromatic rings. The van der Waals surface area contributed by atoms with Gasteiger partial charge in [-0.2, -0.15) is 0 Å². The van der Waals surface area contributed by atoms with Crippen molar-refractivity contribution in [3.63, 3.8) is 0 Å². The quantitative estimate of drug-likeness (QED) is 0.0261. The molecule has 0 N–H and O–H groups in total. The Bertz CT molecular complexity index is 1420. The molecule has 0 aromatic heterocycles. The van der Waals surface area contributed by atoms with Crippen LogP contribution >= 0.6 is 0 Å². The Morgan fingerprint density at radius 1 is 0.260 bits per heavy atom. The molecule has 77 heavy (non-hydrogen) atoms. The van der Waals surface area contributed by atoms with Gasteiger partial charge in [0, 0.05) is 19.3 Å². The fourth-order valence-electron chi connectivity index (χ4n) is 9.59. The van der Waals surface area contributed by atoms with E-state index in [1.807, 2.05) is 0 Å². The van der Waals surface area contributed by atoms with Gasteiger partial charge in [0.05, 0.1) is 0 Å². The number of rotatable bonds is 61. The molecule has 1 unspecified atom stereocenters. The SMILES string of the molecule is CCCCC/C=C\C/C=C\CCCCCCCCCC(=O)OC(COC(=O)CCCCCCC/C=C\C/C=C\CCCCC)COC(=O)CCCCCCCCCCCCCCCCC/C=C\C/C=C\CCCCCCC. The molecule has 0 rings (SSSR count). The molecule has 1 atom stereocenters. The monoisotopic (exact) mass is 1070 g/mol. The molecule has 446 valence electrons. The smallest absolute Gasteiger partial charge is 0.306 e. The molecule has 0 saturated carbocycles. The van der Waals surface area contributed by atoms with E-state index in [2.05, 4.69) is 93.7 Å². The Balaban J connectivity index is 4.28. The first-order valence-electron chi connectivity index (χ1n) is 33.4. The summed E-state index contributed by atoms with van der Waals surface area (Å²) in [5, 5.41) is 0. The molecule has 6 nitrogen and oxygen atoms in total. The largest absolute Gasteiger partial charge is 0.462 e. The predicted octanol–water partition coefficient (Wildman–Crippen LogP) is 22.9. The van der Waals surface area contributed by atoms with Crippen LogP contribution < -0.4 is 0 Å². The van der Waals surface area contributed by atoms with Gasteiger partial charge in [-0.25, -0.2) is 0 Å². The maximum Gasteiger partial charge on any atom is 0.306 e. The lowest BCUT2D eigenvalue weighted by Gasteiger charge is -2.18. The minimum absolute atomic E-state index is 0.0812. The van der Waals surface area contributed by atoms with Gasteiger partial charge in [-0.3, -0.25) is 14.4 Å². The Labute approximate surface area is 478 Å². The fourth-order valence-corrected chi connectivity index (χ4v) is 9.59. The van der Waals surface area contributed by atoms with E-state index < -0.39 is 6.10 Å². The van der Waals surface area contributed by atoms with Crippen molar-refractivity contribution in [2.45, 2.75) is 348 Å². The van der Waals surface area contributed by atoms with Crippen molar-refractivity contribution in [2.24, 2.45) is 0 Å². The summed E-state index contributed by atoms with van der Waals surface area (Å²) in [6.45, 7) is 6.60. The maximum atomic E-state index is 12.9. The van der Waals surface area contributed by atoms with Crippen LogP contribution in [0.25, 0.3) is 0 Å². The van der Waals surface area contributed by atoms with E-state index in [0.717, 1.165) is 96.3 Å². The summed E-state index contributed by atoms with van der Waals surface area (Å²) in [7, 11) is 0. The van der Waals surface area contributed by atoms with Crippen molar-refractivity contribution < 1.29 is 28.6 Å². The summed E-state index contributed by atoms with van der Waals surface area (Å²) in [6, 6.07) is 0. The van der Waals surface area contributed by atoms with Crippen molar-refractivity contribution in [2.75, 3.05) is 13.2 Å². The second-order valence-corrected chi connectivity index (χ2v) is 22.4. The zero-order chi connectivity index (χ0) is 55.7. The third kappa shape index (κ3) is 63.6. The fraction of sp³-hybridized carbons (Fsp3) is 0.789. The lowest BCUT2D eigenvalue weighted by atomic mass is 10.0. The predicted molar refractivity (Wildman–Crippen MR) is 335 cm³/mol. The van der Waals surface area contributed by atoms with Gasteiger partial charge in [0.15, 0.2) is 6.10 Å². The number of hydrogen-bond acceptors (Lipinski definition) is 6. The van der Waals surface area contributed by atoms with Crippen molar-refractivity contribution >= 4 is 17.9 Å². The average Bonchev–Trinajstić information content (AvgIpc) is 3.43. The number of ether oxygens (including phenoxy) is 3. The van der Waals surface area contributed by atoms with Crippen molar-refractivity contribution in [1.29, 1.82) is 0 Å². The van der Waals surface area contributed by atoms with Crippen molar-refractivity contribution in [3.8, 4) is 0 Å². The van der Waals surface area contributed by atoms with Crippen molar-refractivity contribution in [1.82, 2.24) is 0 Å². The number of carbonyl (C=O) groups excluding carboxylic acids is 3. The summed E-state index contributed by atoms with van der Waals surface area (Å²) in [5.74, 6) is -0.888. The lowest BCUT2D eigenvalue weighted by Crippen LogP contribution is -2.30. The minimum atomic E-state index is -0.786. The van der Waals surface area contributed by atoms with Gasteiger partial charge in [-0.15, -0.1) is 0 Å². The third-order valence-electron chi connectivity index (χ3n) is 14.7. The Morgan fingerprint density at radius 3 is 0.740 bits per heavy atom. The first-order valence-corrected chi connectivity index (χ1v) is 33.4. The van der Waals surface area contributed by atoms with Crippen LogP contribution in [0.15, 0.2) is 72.9 Å². The zero-order valence-electron chi connectivity index (χ0n) is 51.2. The molecule has 0 aliphatic rings. The molecule has 0 saturated heterocycles. The van der Waals surface area contributed by atoms with Gasteiger partial charge in [0.1, 0.15) is 13.2 Å². The van der Waals surface area contributed by atoms with Crippen LogP contribution in [0, 0.1) is 0 Å². The Morgan fingerprint density at radius 2 is 0.468 bits per heavy atom. The topological polar surface area (TPSA) is 78.9 Å². The highest BCUT2D eigenvalue weighted by molar-refractivity contribution is 5.71. The van der Waals surface area contributed by atoms with Crippen LogP contribution in [0.1, 0.15) is 342 Å². The normalized spacial score (nSPS) is 12.5. The van der Waals surface area contributed by atoms with E-state index in [-0.39, 0.29) is 31.1 Å². The Hall–Kier alpha value is -3.15. The second-order valence-electron chi connectivity index (χ2n) is 22.4. The van der Waals surface area contributed by atoms with Crippen LogP contribution in [0.2, 0.25) is 0 Å². The van der Waals surface area contributed by atoms with Crippen LogP contribution in [-0.4, -0.2) is 37.2 Å². The molecule has 0 aliphatic carbocycles. The molecule has 0 amide bonds. The standard InChI is InChI=1S/C71H126O6/c1-4-7-10-13-16-19-22-25-28-30-31-32-33-34-35-36-37-38-39-41-43-46-49-52-55-58-61-64-70(73)76-67-68(66-75-69(72)63-60-57-54-51-48-45-42-27-24-21-18-15-12-9-6-3)77-71(74)65-62-59-56-53-50-47-44-40-29-26-23-20-17-14-11-8-5-2/h17-18,20-22,25-27,29-31,42,68H,4-16,19,23-24,28,32-41,43-67H2,1-3H3/b20-17-,21-18-,25-22-,29-26-,31-30-,42-27-. The number of unbranched alkanes of at least 4 members (excludes halogenated alkanes) is 38. The van der Waals surface area contributed by atoms with Gasteiger partial charge < -0.3 is 14.2 Å². The molecule has 0 aromatic carbocycles. The van der Waals surface area contributed by atoms with Gasteiger partial charge >= 0.3 is 17.9 Å². The van der Waals surface area contributed by atoms with E-state index in [4.69, 9.17) is 14.2 Å². The van der Waals surface area contributed by atoms with Gasteiger partial charge in [0.2, 0.25) is 0 Å². The van der Waals surface area contributed by atoms with Crippen LogP contribution in [0.3, 0.4) is 0 Å². The zero-order valence-corrected chi connectivity index (χ0v) is 51.2. The van der Waals surface area contributed by atoms with E-state index in [1.165, 1.54) is 205 Å². The second kappa shape index (κ2) is 65.4. The first kappa shape index (κ1) is 73.8. The molecular weight excluding hydrogens is 949 g/mol. The number of carbonyl (C=O) groups is 3. The molecule has 0 heterocycles. The molecule has 0 radical (unpaired) electrons. The van der Waals surface area contributed by atoms with Crippen LogP contribution in [-0.2, 0) is 28.6 Å². The molecule has 0 fully saturated rings. The van der Waals surface area contributed by atoms with Crippen LogP contribution in [0.4, 0.5) is 0 Å². The van der Waals surface area contributed by atoms with Crippen LogP contribution in [0.5, 0.6) is 0 Å². The van der Waals surface area contributed by atoms with Gasteiger partial charge in [-0.1, -0.05) is 280 Å². The minimum Gasteiger partial charge on any atom is -0.462 e. The molecular formula is C71H126O6. The van der Waals surface area contributed by atoms with E-state index >= 15 is 0 Å². The van der Waals surface area contributed by atoms with Gasteiger partial charge in [-0.05, 0) is 116 Å². The molecule has 0 aliphatic heterocycles. The number of allylic oxidation sites excluding steroid dienone is 12. The first-order chi connectivity index (χ1) is 38.0. The third-order valence-corrected chi connectivity index (χ3v) is 14.7. The highest BCUT2D eigenvalue weighted by Gasteiger charge is 2.19.